The van der Waals surface area contributed by atoms with Gasteiger partial charge in [-0.05, 0) is 168 Å². The number of hydrogen-bond acceptors (Lipinski definition) is 7. The van der Waals surface area contributed by atoms with Gasteiger partial charge in [0.1, 0.15) is 13.2 Å². The second kappa shape index (κ2) is 35.2. The minimum absolute atomic E-state index is 0. The van der Waals surface area contributed by atoms with Crippen molar-refractivity contribution in [3.63, 3.8) is 0 Å². The van der Waals surface area contributed by atoms with E-state index in [0.29, 0.717) is 62.1 Å². The first-order valence-corrected chi connectivity index (χ1v) is 28.1. The smallest absolute Gasteiger partial charge is 0.486 e. The number of amides is 3. The molecule has 0 atom stereocenters. The number of benzene rings is 5. The van der Waals surface area contributed by atoms with Crippen LogP contribution in [0.2, 0.25) is 0 Å². The lowest BCUT2D eigenvalue weighted by Gasteiger charge is -2.32. The number of nitrogens with zero attached hydrogens (tertiary/aromatic N) is 2. The maximum atomic E-state index is 13.0. The second-order valence-corrected chi connectivity index (χ2v) is 23.4. The number of nitrogens with one attached hydrogen (secondary N) is 1. The lowest BCUT2D eigenvalue weighted by molar-refractivity contribution is -0.391. The van der Waals surface area contributed by atoms with E-state index in [1.807, 2.05) is 38.9 Å². The Kier molecular flexibility index (Phi) is 32.4. The number of likely N-dealkylation sites (N-methyl/N-ethyl adjacent to an activating group) is 1. The molecule has 3 amide bonds. The molecule has 0 bridgehead atoms. The van der Waals surface area contributed by atoms with Crippen LogP contribution >= 0.6 is 0 Å². The Labute approximate surface area is 510 Å². The van der Waals surface area contributed by atoms with E-state index in [-0.39, 0.29) is 73.8 Å². The van der Waals surface area contributed by atoms with Gasteiger partial charge in [-0.25, -0.2) is 0 Å². The number of fused-ring (bicyclic) bond motifs is 5. The molecule has 5 aliphatic heterocycles. The van der Waals surface area contributed by atoms with Crippen molar-refractivity contribution in [2.24, 2.45) is 29.6 Å². The first kappa shape index (κ1) is 78.4. The van der Waals surface area contributed by atoms with E-state index in [2.05, 4.69) is 137 Å². The Morgan fingerprint density at radius 1 is 0.459 bits per heavy atom. The molecule has 0 unspecified atom stereocenters. The van der Waals surface area contributed by atoms with Crippen molar-refractivity contribution in [2.45, 2.75) is 190 Å². The lowest BCUT2D eigenvalue weighted by Crippen LogP contribution is -2.52. The summed E-state index contributed by atoms with van der Waals surface area (Å²) in [6.07, 6.45) is -0.360. The van der Waals surface area contributed by atoms with Gasteiger partial charge in [-0.15, -0.1) is 0 Å². The predicted molar refractivity (Wildman–Crippen MR) is 347 cm³/mol. The summed E-state index contributed by atoms with van der Waals surface area (Å²) < 4.78 is 70.7. The molecule has 0 aromatic heterocycles. The van der Waals surface area contributed by atoms with Gasteiger partial charge in [-0.2, -0.15) is 17.6 Å². The van der Waals surface area contributed by atoms with Gasteiger partial charge < -0.3 is 34.1 Å². The van der Waals surface area contributed by atoms with Crippen LogP contribution in [0.5, 0.6) is 23.0 Å². The highest BCUT2D eigenvalue weighted by Crippen LogP contribution is 2.47. The number of ether oxygens (including phenoxy) is 4. The number of carbonyl (C=O) groups is 3. The maximum Gasteiger partial charge on any atom is 0.507 e. The van der Waals surface area contributed by atoms with Gasteiger partial charge in [0.15, 0.2) is 23.0 Å². The van der Waals surface area contributed by atoms with E-state index in [1.54, 1.807) is 11.0 Å². The Hall–Kier alpha value is -6.57. The highest BCUT2D eigenvalue weighted by Gasteiger charge is 2.66. The lowest BCUT2D eigenvalue weighted by atomic mass is 9.94. The molecule has 85 heavy (non-hydrogen) atoms. The highest BCUT2D eigenvalue weighted by atomic mass is 19.3. The third kappa shape index (κ3) is 22.7. The van der Waals surface area contributed by atoms with Crippen LogP contribution in [0.4, 0.5) is 28.9 Å². The summed E-state index contributed by atoms with van der Waals surface area (Å²) in [5.41, 5.74) is 12.8. The van der Waals surface area contributed by atoms with Crippen molar-refractivity contribution in [1.29, 1.82) is 0 Å². The molecule has 0 fully saturated rings. The Morgan fingerprint density at radius 3 is 1.40 bits per heavy atom. The van der Waals surface area contributed by atoms with Crippen molar-refractivity contribution in [3.8, 4) is 23.0 Å². The van der Waals surface area contributed by atoms with Gasteiger partial charge in [-0.1, -0.05) is 162 Å². The van der Waals surface area contributed by atoms with Crippen LogP contribution in [0, 0.1) is 29.6 Å². The van der Waals surface area contributed by atoms with Crippen LogP contribution in [0.3, 0.4) is 0 Å². The topological polar surface area (TPSA) is 107 Å². The van der Waals surface area contributed by atoms with Gasteiger partial charge >= 0.3 is 12.2 Å². The quantitative estimate of drug-likeness (QED) is 0.139. The van der Waals surface area contributed by atoms with E-state index in [1.165, 1.54) is 51.1 Å². The fourth-order valence-corrected chi connectivity index (χ4v) is 9.92. The third-order valence-electron chi connectivity index (χ3n) is 13.7. The average Bonchev–Trinajstić information content (AvgIpc) is 1.97. The number of alkyl halides is 4. The second-order valence-electron chi connectivity index (χ2n) is 23.4. The van der Waals surface area contributed by atoms with Crippen molar-refractivity contribution in [1.82, 2.24) is 4.90 Å². The molecule has 10 nitrogen and oxygen atoms in total. The summed E-state index contributed by atoms with van der Waals surface area (Å²) >= 11 is 0. The molecule has 0 saturated heterocycles. The largest absolute Gasteiger partial charge is 0.507 e. The standard InChI is InChI=1S/2C14H19NO.C13H17NO.C12H12F4O2.C12H16O2.6CH4/c1-10(2)8-11-4-5-12-6-7-15(3)14(16)13(12)9-11;1-10(2)8-11-4-5-12-6-7-14(16)15(3)13(12)9-11;1-9(2)7-10-3-4-11-5-6-13(15)14-12(11)8-10;1-7(2)5-8-3-4-9-10(6-8)18-12(15,16)11(13,14)17-9;1-9(2)7-10-3-4-11-12(8-10)14-6-5-13-11;;;;;;/h2*4-5,9-10H,6-8H2,1-3H3;3-4,8-9H,5-7H2,1-2H3,(H,14,15);3-4,6-7H,5H2,1-2H3;3-4,8-9H,5-7H2,1-2H3;6*1H4. The molecule has 0 saturated carbocycles. The molecule has 14 heteroatoms. The van der Waals surface area contributed by atoms with Gasteiger partial charge in [0, 0.05) is 50.4 Å². The van der Waals surface area contributed by atoms with E-state index >= 15 is 0 Å². The minimum atomic E-state index is -4.66. The van der Waals surface area contributed by atoms with E-state index < -0.39 is 12.2 Å². The maximum absolute atomic E-state index is 13.0. The van der Waals surface area contributed by atoms with Gasteiger partial charge in [0.25, 0.3) is 5.91 Å². The molecule has 10 rings (SSSR count). The normalized spacial score (nSPS) is 15.1. The summed E-state index contributed by atoms with van der Waals surface area (Å²) in [6, 6.07) is 29.6. The van der Waals surface area contributed by atoms with Crippen LogP contribution in [-0.4, -0.2) is 68.7 Å². The summed E-state index contributed by atoms with van der Waals surface area (Å²) in [6.45, 7) is 23.8. The van der Waals surface area contributed by atoms with Crippen LogP contribution in [0.15, 0.2) is 91.0 Å². The minimum Gasteiger partial charge on any atom is -0.486 e. The number of anilines is 2. The molecule has 5 aromatic rings. The molecule has 1 N–H and O–H groups in total. The van der Waals surface area contributed by atoms with Crippen LogP contribution in [0.25, 0.3) is 0 Å². The van der Waals surface area contributed by atoms with Gasteiger partial charge in [0.2, 0.25) is 11.8 Å². The molecular weight excluding hydrogens is 1080 g/mol. The van der Waals surface area contributed by atoms with Crippen LogP contribution in [-0.2, 0) is 61.0 Å². The summed E-state index contributed by atoms with van der Waals surface area (Å²) in [7, 11) is 3.75. The fraction of sp³-hybridized carbons (Fsp3) is 0.535. The molecule has 0 aliphatic carbocycles. The van der Waals surface area contributed by atoms with Gasteiger partial charge in [-0.3, -0.25) is 14.4 Å². The zero-order chi connectivity index (χ0) is 57.8. The van der Waals surface area contributed by atoms with Gasteiger partial charge in [0.05, 0.1) is 0 Å². The molecular formula is C71H107F4N3O7. The Morgan fingerprint density at radius 2 is 0.871 bits per heavy atom. The summed E-state index contributed by atoms with van der Waals surface area (Å²) in [4.78, 5) is 38.4. The fourth-order valence-electron chi connectivity index (χ4n) is 9.92. The molecule has 476 valence electrons. The average molecular weight is 1190 g/mol. The number of halogens is 4. The number of rotatable bonds is 10. The number of hydrogen-bond donors (Lipinski definition) is 1. The summed E-state index contributed by atoms with van der Waals surface area (Å²) in [5, 5.41) is 2.93. The first-order chi connectivity index (χ1) is 37.3. The van der Waals surface area contributed by atoms with Crippen molar-refractivity contribution in [3.05, 3.63) is 141 Å². The Bertz CT molecular complexity index is 2880. The number of carbonyl (C=O) groups excluding carboxylic acids is 3. The highest BCUT2D eigenvalue weighted by molar-refractivity contribution is 5.97. The zero-order valence-corrected chi connectivity index (χ0v) is 48.5. The Balaban J connectivity index is 0.00000102. The van der Waals surface area contributed by atoms with E-state index in [0.717, 1.165) is 85.5 Å². The third-order valence-corrected chi connectivity index (χ3v) is 13.7. The van der Waals surface area contributed by atoms with Crippen LogP contribution < -0.4 is 29.2 Å². The zero-order valence-electron chi connectivity index (χ0n) is 48.5. The molecule has 5 aromatic carbocycles. The van der Waals surface area contributed by atoms with Crippen molar-refractivity contribution in [2.75, 3.05) is 44.1 Å². The monoisotopic (exact) mass is 1190 g/mol. The molecule has 5 heterocycles. The molecule has 0 radical (unpaired) electrons. The predicted octanol–water partition coefficient (Wildman–Crippen LogP) is 18.4. The number of aryl methyl sites for hydroxylation is 2. The van der Waals surface area contributed by atoms with Crippen LogP contribution in [0.1, 0.15) is 182 Å². The van der Waals surface area contributed by atoms with E-state index in [4.69, 9.17) is 9.47 Å². The molecule has 0 spiro atoms. The van der Waals surface area contributed by atoms with E-state index in [9.17, 15) is 31.9 Å². The molecule has 5 aliphatic rings. The van der Waals surface area contributed by atoms with Crippen molar-refractivity contribution < 1.29 is 50.9 Å². The summed E-state index contributed by atoms with van der Waals surface area (Å²) in [5.74, 6) is 4.53. The SMILES string of the molecule is C.C.C.C.C.C.CC(C)Cc1ccc2c(c1)C(=O)N(C)CC2.CC(C)Cc1ccc2c(c1)N(C)C(=O)CC2.CC(C)Cc1ccc2c(c1)NC(=O)CC2.CC(C)Cc1ccc2c(c1)OC(F)(F)C(F)(F)O2.CC(C)Cc1ccc2c(c1)OCCO2. The first-order valence-electron chi connectivity index (χ1n) is 28.1. The van der Waals surface area contributed by atoms with Crippen molar-refractivity contribution >= 4 is 29.1 Å².